The zero-order chi connectivity index (χ0) is 13.7. The first kappa shape index (κ1) is 14.5. The van der Waals surface area contributed by atoms with Crippen LogP contribution >= 0.6 is 27.3 Å². The maximum atomic E-state index is 5.93. The summed E-state index contributed by atoms with van der Waals surface area (Å²) in [4.78, 5) is 5.18. The number of thiazole rings is 1. The molecule has 2 aromatic rings. The van der Waals surface area contributed by atoms with Gasteiger partial charge in [-0.3, -0.25) is 4.98 Å². The highest BCUT2D eigenvalue weighted by Crippen LogP contribution is 2.30. The minimum Gasteiger partial charge on any atom is -0.486 e. The van der Waals surface area contributed by atoms with E-state index in [-0.39, 0.29) is 0 Å². The van der Waals surface area contributed by atoms with Crippen LogP contribution in [0.4, 0.5) is 0 Å². The fourth-order valence-electron chi connectivity index (χ4n) is 1.63. The molecule has 3 nitrogen and oxygen atoms in total. The molecule has 0 fully saturated rings. The van der Waals surface area contributed by atoms with Gasteiger partial charge in [-0.25, -0.2) is 0 Å². The average Bonchev–Trinajstić information content (AvgIpc) is 2.88. The van der Waals surface area contributed by atoms with Crippen molar-refractivity contribution in [2.75, 3.05) is 0 Å². The van der Waals surface area contributed by atoms with Crippen LogP contribution in [-0.4, -0.2) is 11.0 Å². The Morgan fingerprint density at radius 2 is 2.26 bits per heavy atom. The third-order valence-electron chi connectivity index (χ3n) is 2.59. The monoisotopic (exact) mass is 340 g/mol. The summed E-state index contributed by atoms with van der Waals surface area (Å²) in [5.41, 5.74) is 2.98. The van der Waals surface area contributed by atoms with Crippen LogP contribution in [0.15, 0.2) is 34.4 Å². The summed E-state index contributed by atoms with van der Waals surface area (Å²) in [6, 6.07) is 6.57. The van der Waals surface area contributed by atoms with E-state index in [1.807, 2.05) is 23.8 Å². The molecule has 0 bridgehead atoms. The molecule has 0 aliphatic carbocycles. The Hall–Kier alpha value is -0.910. The molecule has 0 radical (unpaired) electrons. The first-order valence-corrected chi connectivity index (χ1v) is 7.85. The number of rotatable bonds is 6. The number of hydrogen-bond acceptors (Lipinski definition) is 4. The molecule has 102 valence electrons. The fourth-order valence-corrected chi connectivity index (χ4v) is 2.65. The molecule has 0 atom stereocenters. The minimum atomic E-state index is 0.452. The molecular formula is C14H17BrN2OS. The Balaban J connectivity index is 2.08. The molecule has 0 saturated carbocycles. The Morgan fingerprint density at radius 1 is 1.42 bits per heavy atom. The lowest BCUT2D eigenvalue weighted by Crippen LogP contribution is -2.22. The van der Waals surface area contributed by atoms with E-state index in [0.717, 1.165) is 27.2 Å². The zero-order valence-electron chi connectivity index (χ0n) is 11.0. The van der Waals surface area contributed by atoms with E-state index in [1.54, 1.807) is 11.3 Å². The average molecular weight is 341 g/mol. The minimum absolute atomic E-state index is 0.452. The molecule has 5 heteroatoms. The van der Waals surface area contributed by atoms with Crippen molar-refractivity contribution in [3.63, 3.8) is 0 Å². The van der Waals surface area contributed by atoms with E-state index in [2.05, 4.69) is 46.1 Å². The first-order valence-electron chi connectivity index (χ1n) is 6.17. The summed E-state index contributed by atoms with van der Waals surface area (Å²) in [6.45, 7) is 5.63. The molecule has 0 saturated heterocycles. The predicted molar refractivity (Wildman–Crippen MR) is 82.6 cm³/mol. The van der Waals surface area contributed by atoms with Crippen LogP contribution in [0.2, 0.25) is 0 Å². The SMILES string of the molecule is CC(C)NCc1cccc(Br)c1OCc1cncs1. The van der Waals surface area contributed by atoms with Gasteiger partial charge in [0.25, 0.3) is 0 Å². The molecule has 0 aliphatic heterocycles. The molecule has 1 aromatic carbocycles. The van der Waals surface area contributed by atoms with Gasteiger partial charge in [0, 0.05) is 24.3 Å². The molecule has 1 N–H and O–H groups in total. The number of hydrogen-bond donors (Lipinski definition) is 1. The summed E-state index contributed by atoms with van der Waals surface area (Å²) in [5.74, 6) is 0.907. The van der Waals surface area contributed by atoms with E-state index in [1.165, 1.54) is 0 Å². The summed E-state index contributed by atoms with van der Waals surface area (Å²) >= 11 is 5.16. The van der Waals surface area contributed by atoms with Gasteiger partial charge in [-0.15, -0.1) is 11.3 Å². The van der Waals surface area contributed by atoms with E-state index >= 15 is 0 Å². The molecule has 2 rings (SSSR count). The number of nitrogens with zero attached hydrogens (tertiary/aromatic N) is 1. The van der Waals surface area contributed by atoms with Crippen molar-refractivity contribution in [2.24, 2.45) is 0 Å². The van der Waals surface area contributed by atoms with Gasteiger partial charge in [-0.05, 0) is 22.0 Å². The van der Waals surface area contributed by atoms with Crippen LogP contribution in [-0.2, 0) is 13.2 Å². The van der Waals surface area contributed by atoms with E-state index in [4.69, 9.17) is 4.74 Å². The van der Waals surface area contributed by atoms with Gasteiger partial charge >= 0.3 is 0 Å². The second-order valence-corrected chi connectivity index (χ2v) is 6.35. The summed E-state index contributed by atoms with van der Waals surface area (Å²) in [5, 5.41) is 3.41. The van der Waals surface area contributed by atoms with Gasteiger partial charge in [0.05, 0.1) is 14.9 Å². The standard InChI is InChI=1S/C14H17BrN2OS/c1-10(2)17-6-11-4-3-5-13(15)14(11)18-8-12-7-16-9-19-12/h3-5,7,9-10,17H,6,8H2,1-2H3. The molecule has 0 unspecified atom stereocenters. The second kappa shape index (κ2) is 7.03. The van der Waals surface area contributed by atoms with Gasteiger partial charge in [-0.1, -0.05) is 26.0 Å². The molecule has 0 aliphatic rings. The third kappa shape index (κ3) is 4.30. The third-order valence-corrected chi connectivity index (χ3v) is 3.97. The van der Waals surface area contributed by atoms with Crippen molar-refractivity contribution in [1.82, 2.24) is 10.3 Å². The van der Waals surface area contributed by atoms with Gasteiger partial charge in [0.1, 0.15) is 12.4 Å². The van der Waals surface area contributed by atoms with Gasteiger partial charge < -0.3 is 10.1 Å². The summed E-state index contributed by atoms with van der Waals surface area (Å²) in [6.07, 6.45) is 1.84. The number of para-hydroxylation sites is 1. The maximum absolute atomic E-state index is 5.93. The predicted octanol–water partition coefficient (Wildman–Crippen LogP) is 3.98. The van der Waals surface area contributed by atoms with Crippen molar-refractivity contribution in [2.45, 2.75) is 33.0 Å². The molecule has 1 aromatic heterocycles. The molecule has 19 heavy (non-hydrogen) atoms. The lowest BCUT2D eigenvalue weighted by Gasteiger charge is -2.14. The normalized spacial score (nSPS) is 10.9. The van der Waals surface area contributed by atoms with Crippen LogP contribution in [0.5, 0.6) is 5.75 Å². The Bertz CT molecular complexity index is 514. The van der Waals surface area contributed by atoms with Gasteiger partial charge in [0.2, 0.25) is 0 Å². The zero-order valence-corrected chi connectivity index (χ0v) is 13.4. The summed E-state index contributed by atoms with van der Waals surface area (Å²) in [7, 11) is 0. The quantitative estimate of drug-likeness (QED) is 0.863. The van der Waals surface area contributed by atoms with Crippen molar-refractivity contribution >= 4 is 27.3 Å². The lowest BCUT2D eigenvalue weighted by atomic mass is 10.2. The number of benzene rings is 1. The van der Waals surface area contributed by atoms with Crippen LogP contribution in [0.3, 0.4) is 0 Å². The summed E-state index contributed by atoms with van der Waals surface area (Å²) < 4.78 is 6.91. The number of halogens is 1. The number of ether oxygens (including phenoxy) is 1. The van der Waals surface area contributed by atoms with Gasteiger partial charge in [0.15, 0.2) is 0 Å². The van der Waals surface area contributed by atoms with Crippen LogP contribution in [0.25, 0.3) is 0 Å². The second-order valence-electron chi connectivity index (χ2n) is 4.52. The maximum Gasteiger partial charge on any atom is 0.138 e. The smallest absolute Gasteiger partial charge is 0.138 e. The number of nitrogens with one attached hydrogen (secondary N) is 1. The first-order chi connectivity index (χ1) is 9.16. The van der Waals surface area contributed by atoms with Crippen LogP contribution in [0.1, 0.15) is 24.3 Å². The topological polar surface area (TPSA) is 34.1 Å². The van der Waals surface area contributed by atoms with Crippen molar-refractivity contribution in [1.29, 1.82) is 0 Å². The van der Waals surface area contributed by atoms with Crippen LogP contribution in [0, 0.1) is 0 Å². The molecule has 0 spiro atoms. The molecule has 0 amide bonds. The highest BCUT2D eigenvalue weighted by Gasteiger charge is 2.09. The Kier molecular flexibility index (Phi) is 5.36. The highest BCUT2D eigenvalue weighted by atomic mass is 79.9. The van der Waals surface area contributed by atoms with Crippen LogP contribution < -0.4 is 10.1 Å². The van der Waals surface area contributed by atoms with Crippen molar-refractivity contribution in [3.05, 3.63) is 44.8 Å². The highest BCUT2D eigenvalue weighted by molar-refractivity contribution is 9.10. The van der Waals surface area contributed by atoms with E-state index in [9.17, 15) is 0 Å². The van der Waals surface area contributed by atoms with Crippen molar-refractivity contribution < 1.29 is 4.74 Å². The fraction of sp³-hybridized carbons (Fsp3) is 0.357. The molecule has 1 heterocycles. The largest absolute Gasteiger partial charge is 0.486 e. The number of aromatic nitrogens is 1. The van der Waals surface area contributed by atoms with Gasteiger partial charge in [-0.2, -0.15) is 0 Å². The Labute approximate surface area is 126 Å². The van der Waals surface area contributed by atoms with Crippen molar-refractivity contribution in [3.8, 4) is 5.75 Å². The van der Waals surface area contributed by atoms with E-state index < -0.39 is 0 Å². The molecular weight excluding hydrogens is 324 g/mol. The lowest BCUT2D eigenvalue weighted by molar-refractivity contribution is 0.303. The Morgan fingerprint density at radius 3 is 2.95 bits per heavy atom. The van der Waals surface area contributed by atoms with E-state index in [0.29, 0.717) is 12.6 Å².